The largest absolute Gasteiger partial charge is 0.332 e. The molecule has 3 rings (SSSR count). The van der Waals surface area contributed by atoms with E-state index in [-0.39, 0.29) is 18.3 Å². The lowest BCUT2D eigenvalue weighted by Gasteiger charge is -2.23. The number of carbonyl (C=O) groups is 1. The van der Waals surface area contributed by atoms with Crippen molar-refractivity contribution in [2.75, 3.05) is 19.6 Å². The highest BCUT2D eigenvalue weighted by Gasteiger charge is 2.25. The van der Waals surface area contributed by atoms with Crippen molar-refractivity contribution in [1.82, 2.24) is 25.2 Å². The normalized spacial score (nSPS) is 15.0. The molecule has 0 radical (unpaired) electrons. The average Bonchev–Trinajstić information content (AvgIpc) is 3.18. The van der Waals surface area contributed by atoms with E-state index in [2.05, 4.69) is 15.6 Å². The Morgan fingerprint density at radius 2 is 2.16 bits per heavy atom. The molecule has 1 fully saturated rings. The van der Waals surface area contributed by atoms with Crippen LogP contribution >= 0.6 is 35.3 Å². The summed E-state index contributed by atoms with van der Waals surface area (Å²) in [6.45, 7) is 7.03. The number of carbonyl (C=O) groups excluding carboxylic acids is 1. The minimum atomic E-state index is -0.0697. The first-order valence-electron chi connectivity index (χ1n) is 8.26. The van der Waals surface area contributed by atoms with E-state index in [0.29, 0.717) is 24.8 Å². The topological polar surface area (TPSA) is 63.1 Å². The van der Waals surface area contributed by atoms with Crippen LogP contribution in [0.25, 0.3) is 0 Å². The summed E-state index contributed by atoms with van der Waals surface area (Å²) in [6.07, 6.45) is 2.03. The molecule has 9 heteroatoms. The predicted molar refractivity (Wildman–Crippen MR) is 103 cm³/mol. The van der Waals surface area contributed by atoms with Gasteiger partial charge in [-0.25, -0.2) is 4.68 Å². The van der Waals surface area contributed by atoms with Gasteiger partial charge in [0.1, 0.15) is 0 Å². The van der Waals surface area contributed by atoms with E-state index >= 15 is 0 Å². The van der Waals surface area contributed by atoms with Crippen LogP contribution in [0.15, 0.2) is 12.1 Å². The number of thiophene rings is 1. The molecule has 0 aromatic carbocycles. The number of hydrogen-bond donors (Lipinski definition) is 1. The van der Waals surface area contributed by atoms with Crippen molar-refractivity contribution in [3.63, 3.8) is 0 Å². The van der Waals surface area contributed by atoms with E-state index in [0.717, 1.165) is 40.8 Å². The average molecular weight is 404 g/mol. The molecule has 2 aromatic rings. The number of nitrogens with one attached hydrogen (secondary N) is 1. The van der Waals surface area contributed by atoms with E-state index in [1.54, 1.807) is 4.90 Å². The smallest absolute Gasteiger partial charge is 0.276 e. The van der Waals surface area contributed by atoms with Crippen LogP contribution in [0.1, 0.15) is 46.9 Å². The number of hydrogen-bond acceptors (Lipinski definition) is 5. The van der Waals surface area contributed by atoms with Gasteiger partial charge >= 0.3 is 0 Å². The van der Waals surface area contributed by atoms with E-state index in [4.69, 9.17) is 11.6 Å². The Labute approximate surface area is 162 Å². The zero-order chi connectivity index (χ0) is 17.1. The molecule has 0 saturated carbocycles. The summed E-state index contributed by atoms with van der Waals surface area (Å²) in [5, 5.41) is 11.8. The first kappa shape index (κ1) is 20.2. The third kappa shape index (κ3) is 4.53. The lowest BCUT2D eigenvalue weighted by atomic mass is 10.1. The molecule has 0 aliphatic carbocycles. The van der Waals surface area contributed by atoms with Crippen molar-refractivity contribution in [2.45, 2.75) is 39.3 Å². The van der Waals surface area contributed by atoms with Gasteiger partial charge in [-0.2, -0.15) is 0 Å². The molecule has 1 aliphatic heterocycles. The lowest BCUT2D eigenvalue weighted by Crippen LogP contribution is -2.32. The molecule has 0 spiro atoms. The predicted octanol–water partition coefficient (Wildman–Crippen LogP) is 3.31. The van der Waals surface area contributed by atoms with Crippen LogP contribution in [0.3, 0.4) is 0 Å². The zero-order valence-corrected chi connectivity index (χ0v) is 16.8. The highest BCUT2D eigenvalue weighted by Crippen LogP contribution is 2.24. The van der Waals surface area contributed by atoms with Gasteiger partial charge in [0.15, 0.2) is 5.69 Å². The van der Waals surface area contributed by atoms with Crippen LogP contribution in [0, 0.1) is 6.92 Å². The molecule has 0 bridgehead atoms. The van der Waals surface area contributed by atoms with Crippen molar-refractivity contribution in [2.24, 2.45) is 0 Å². The Balaban J connectivity index is 0.00000225. The van der Waals surface area contributed by atoms with Crippen LogP contribution in [0.4, 0.5) is 0 Å². The van der Waals surface area contributed by atoms with E-state index in [1.165, 1.54) is 11.3 Å². The maximum absolute atomic E-state index is 12.9. The summed E-state index contributed by atoms with van der Waals surface area (Å²) in [6, 6.07) is 4.15. The standard InChI is InChI=1S/C16H22ClN5OS.ClH/c1-3-21(10-13-4-5-14(17)24-13)16(23)15-11(2)22(20-19-15)12-6-8-18-9-7-12;/h4-5,12,18H,3,6-10H2,1-2H3;1H. The maximum atomic E-state index is 12.9. The van der Waals surface area contributed by atoms with Gasteiger partial charge in [0.2, 0.25) is 0 Å². The van der Waals surface area contributed by atoms with Gasteiger partial charge in [0.25, 0.3) is 5.91 Å². The van der Waals surface area contributed by atoms with Gasteiger partial charge in [-0.15, -0.1) is 28.8 Å². The minimum absolute atomic E-state index is 0. The molecule has 25 heavy (non-hydrogen) atoms. The maximum Gasteiger partial charge on any atom is 0.276 e. The molecular formula is C16H23Cl2N5OS. The number of halogens is 2. The molecule has 6 nitrogen and oxygen atoms in total. The van der Waals surface area contributed by atoms with Crippen molar-refractivity contribution in [3.8, 4) is 0 Å². The second-order valence-corrected chi connectivity index (χ2v) is 7.77. The molecule has 1 aliphatic rings. The Bertz CT molecular complexity index is 711. The van der Waals surface area contributed by atoms with Crippen LogP contribution in [-0.4, -0.2) is 45.4 Å². The molecule has 0 atom stereocenters. The van der Waals surface area contributed by atoms with E-state index < -0.39 is 0 Å². The summed E-state index contributed by atoms with van der Waals surface area (Å²) in [7, 11) is 0. The number of rotatable bonds is 5. The number of piperidine rings is 1. The van der Waals surface area contributed by atoms with Gasteiger partial charge in [-0.1, -0.05) is 16.8 Å². The molecule has 1 N–H and O–H groups in total. The summed E-state index contributed by atoms with van der Waals surface area (Å²) in [5.74, 6) is -0.0697. The summed E-state index contributed by atoms with van der Waals surface area (Å²) < 4.78 is 2.66. The highest BCUT2D eigenvalue weighted by atomic mass is 35.5. The Hall–Kier alpha value is -1.15. The lowest BCUT2D eigenvalue weighted by molar-refractivity contribution is 0.0747. The first-order chi connectivity index (χ1) is 11.6. The Kier molecular flexibility index (Phi) is 7.25. The minimum Gasteiger partial charge on any atom is -0.332 e. The molecule has 138 valence electrons. The van der Waals surface area contributed by atoms with Crippen molar-refractivity contribution in [1.29, 1.82) is 0 Å². The number of nitrogens with zero attached hydrogens (tertiary/aromatic N) is 4. The Morgan fingerprint density at radius 3 is 2.76 bits per heavy atom. The fourth-order valence-electron chi connectivity index (χ4n) is 3.04. The van der Waals surface area contributed by atoms with Gasteiger partial charge in [-0.3, -0.25) is 4.79 Å². The summed E-state index contributed by atoms with van der Waals surface area (Å²) in [4.78, 5) is 15.7. The second kappa shape index (κ2) is 8.98. The molecule has 3 heterocycles. The number of amides is 1. The van der Waals surface area contributed by atoms with Gasteiger partial charge in [0.05, 0.1) is 22.6 Å². The third-order valence-electron chi connectivity index (χ3n) is 4.43. The van der Waals surface area contributed by atoms with Crippen molar-refractivity contribution in [3.05, 3.63) is 32.7 Å². The summed E-state index contributed by atoms with van der Waals surface area (Å²) >= 11 is 7.48. The van der Waals surface area contributed by atoms with Gasteiger partial charge in [0, 0.05) is 11.4 Å². The van der Waals surface area contributed by atoms with E-state index in [1.807, 2.05) is 30.7 Å². The van der Waals surface area contributed by atoms with E-state index in [9.17, 15) is 4.79 Å². The van der Waals surface area contributed by atoms with Crippen LogP contribution in [0.2, 0.25) is 4.34 Å². The quantitative estimate of drug-likeness (QED) is 0.831. The van der Waals surface area contributed by atoms with Crippen LogP contribution in [0.5, 0.6) is 0 Å². The Morgan fingerprint density at radius 1 is 1.44 bits per heavy atom. The van der Waals surface area contributed by atoms with Crippen LogP contribution in [-0.2, 0) is 6.54 Å². The van der Waals surface area contributed by atoms with Crippen molar-refractivity contribution < 1.29 is 4.79 Å². The summed E-state index contributed by atoms with van der Waals surface area (Å²) in [5.41, 5.74) is 1.31. The fraction of sp³-hybridized carbons (Fsp3) is 0.562. The van der Waals surface area contributed by atoms with Crippen molar-refractivity contribution >= 4 is 41.3 Å². The third-order valence-corrected chi connectivity index (χ3v) is 5.64. The molecule has 1 saturated heterocycles. The SMILES string of the molecule is CCN(Cc1ccc(Cl)s1)C(=O)c1nnn(C2CCNCC2)c1C.Cl. The zero-order valence-electron chi connectivity index (χ0n) is 14.4. The van der Waals surface area contributed by atoms with Crippen LogP contribution < -0.4 is 5.32 Å². The first-order valence-corrected chi connectivity index (χ1v) is 9.45. The highest BCUT2D eigenvalue weighted by molar-refractivity contribution is 7.16. The second-order valence-electron chi connectivity index (χ2n) is 5.97. The molecule has 1 amide bonds. The van der Waals surface area contributed by atoms with Gasteiger partial charge in [-0.05, 0) is 51.9 Å². The van der Waals surface area contributed by atoms with Gasteiger partial charge < -0.3 is 10.2 Å². The molecule has 2 aromatic heterocycles. The molecular weight excluding hydrogens is 381 g/mol. The molecule has 0 unspecified atom stereocenters. The fourth-order valence-corrected chi connectivity index (χ4v) is 4.14. The monoisotopic (exact) mass is 403 g/mol. The number of aromatic nitrogens is 3.